The van der Waals surface area contributed by atoms with E-state index in [1.807, 2.05) is 35.3 Å². The Morgan fingerprint density at radius 3 is 2.71 bits per heavy atom. The molecule has 9 rings (SSSR count). The molecule has 0 radical (unpaired) electrons. The summed E-state index contributed by atoms with van der Waals surface area (Å²) in [6.45, 7) is 4.59. The van der Waals surface area contributed by atoms with E-state index in [0.717, 1.165) is 106 Å². The standard InChI is InChI=1S/C38H43N11O3/c1-23(31-8-5-16-47(31)2)51-33-20-32(48-17-11-29(44-48)30-22-49(46-43-30)25-12-18-50-19-13-25)41-37(42-33)35-26-7-4-15-38(36(26)52-45-35)14-3-6-24-9-10-28(40)27(21-39)34(24)38/h9-11,17,20,22-23,25,31H,3-8,12-16,18-19,40H2,1-2H3. The Balaban J connectivity index is 1.11. The van der Waals surface area contributed by atoms with E-state index in [1.54, 1.807) is 4.68 Å². The summed E-state index contributed by atoms with van der Waals surface area (Å²) in [5.74, 6) is 2.19. The van der Waals surface area contributed by atoms with Crippen LogP contribution in [0.25, 0.3) is 28.7 Å². The summed E-state index contributed by atoms with van der Waals surface area (Å²) in [6.07, 6.45) is 13.0. The quantitative estimate of drug-likeness (QED) is 0.220. The van der Waals surface area contributed by atoms with E-state index in [-0.39, 0.29) is 18.2 Å². The van der Waals surface area contributed by atoms with E-state index in [4.69, 9.17) is 34.8 Å². The molecule has 2 aliphatic heterocycles. The van der Waals surface area contributed by atoms with E-state index in [2.05, 4.69) is 46.5 Å². The molecule has 3 atom stereocenters. The average Bonchev–Trinajstić information content (AvgIpc) is 3.99. The molecule has 1 spiro atoms. The first-order chi connectivity index (χ1) is 25.4. The molecule has 3 unspecified atom stereocenters. The predicted molar refractivity (Wildman–Crippen MR) is 191 cm³/mol. The third-order valence-electron chi connectivity index (χ3n) is 11.7. The monoisotopic (exact) mass is 701 g/mol. The minimum Gasteiger partial charge on any atom is -0.473 e. The fourth-order valence-electron chi connectivity index (χ4n) is 9.10. The van der Waals surface area contributed by atoms with E-state index < -0.39 is 5.41 Å². The lowest BCUT2D eigenvalue weighted by molar-refractivity contribution is 0.0657. The maximum Gasteiger partial charge on any atom is 0.219 e. The molecule has 1 aromatic carbocycles. The van der Waals surface area contributed by atoms with Gasteiger partial charge in [-0.1, -0.05) is 16.4 Å². The van der Waals surface area contributed by atoms with Gasteiger partial charge in [0.2, 0.25) is 5.88 Å². The maximum absolute atomic E-state index is 10.3. The SMILES string of the molecule is CC(Oc1cc(-n2ccc(-c3cn(C4CCOCC4)nn3)n2)nc(-c2noc3c2CCCC32CCCc3ccc(N)c(C#N)c32)n1)C1CCCN1C. The van der Waals surface area contributed by atoms with Crippen LogP contribution < -0.4 is 10.5 Å². The van der Waals surface area contributed by atoms with Crippen molar-refractivity contribution in [3.05, 3.63) is 64.7 Å². The molecule has 14 heteroatoms. The number of nitrogens with zero attached hydrogens (tertiary/aromatic N) is 10. The third kappa shape index (κ3) is 5.54. The van der Waals surface area contributed by atoms with E-state index in [0.29, 0.717) is 45.9 Å². The molecule has 4 aliphatic rings. The molecule has 2 fully saturated rings. The molecule has 2 saturated heterocycles. The van der Waals surface area contributed by atoms with E-state index in [1.165, 1.54) is 0 Å². The molecule has 2 N–H and O–H groups in total. The van der Waals surface area contributed by atoms with Gasteiger partial charge in [-0.05, 0) is 108 Å². The van der Waals surface area contributed by atoms with Crippen molar-refractivity contribution < 1.29 is 14.0 Å². The largest absolute Gasteiger partial charge is 0.473 e. The van der Waals surface area contributed by atoms with Crippen LogP contribution in [0.4, 0.5) is 5.69 Å². The van der Waals surface area contributed by atoms with Gasteiger partial charge in [-0.25, -0.2) is 14.3 Å². The number of fused-ring (bicyclic) bond motifs is 4. The second-order valence-electron chi connectivity index (χ2n) is 14.8. The van der Waals surface area contributed by atoms with Crippen molar-refractivity contribution in [3.8, 4) is 40.7 Å². The molecule has 52 heavy (non-hydrogen) atoms. The number of likely N-dealkylation sites (N-methyl/N-ethyl adjacent to an activating group) is 1. The highest BCUT2D eigenvalue weighted by Gasteiger charge is 2.48. The lowest BCUT2D eigenvalue weighted by atomic mass is 9.61. The lowest BCUT2D eigenvalue weighted by Crippen LogP contribution is -2.38. The van der Waals surface area contributed by atoms with Gasteiger partial charge in [0.1, 0.15) is 23.6 Å². The van der Waals surface area contributed by atoms with Gasteiger partial charge in [0.15, 0.2) is 23.1 Å². The summed E-state index contributed by atoms with van der Waals surface area (Å²) in [5.41, 5.74) is 12.0. The van der Waals surface area contributed by atoms with Gasteiger partial charge in [-0.15, -0.1) is 5.10 Å². The number of nitriles is 1. The second kappa shape index (κ2) is 13.1. The van der Waals surface area contributed by atoms with Crippen LogP contribution in [-0.4, -0.2) is 83.8 Å². The Morgan fingerprint density at radius 2 is 1.90 bits per heavy atom. The number of hydrogen-bond donors (Lipinski definition) is 1. The number of anilines is 1. The van der Waals surface area contributed by atoms with Gasteiger partial charge < -0.3 is 19.7 Å². The lowest BCUT2D eigenvalue weighted by Gasteiger charge is -2.41. The normalized spacial score (nSPS) is 22.6. The number of aromatic nitrogens is 8. The number of benzene rings is 1. The third-order valence-corrected chi connectivity index (χ3v) is 11.7. The van der Waals surface area contributed by atoms with Crippen LogP contribution in [0, 0.1) is 11.3 Å². The van der Waals surface area contributed by atoms with Crippen LogP contribution >= 0.6 is 0 Å². The zero-order chi connectivity index (χ0) is 35.4. The molecule has 14 nitrogen and oxygen atoms in total. The van der Waals surface area contributed by atoms with Crippen LogP contribution in [0.15, 0.2) is 41.2 Å². The summed E-state index contributed by atoms with van der Waals surface area (Å²) >= 11 is 0. The van der Waals surface area contributed by atoms with Crippen LogP contribution in [0.2, 0.25) is 0 Å². The fraction of sp³-hybridized carbons (Fsp3) is 0.500. The summed E-state index contributed by atoms with van der Waals surface area (Å²) in [6, 6.07) is 10.6. The number of ether oxygens (including phenoxy) is 2. The molecule has 0 bridgehead atoms. The molecular weight excluding hydrogens is 658 g/mol. The molecule has 4 aromatic heterocycles. The predicted octanol–water partition coefficient (Wildman–Crippen LogP) is 5.20. The van der Waals surface area contributed by atoms with Crippen molar-refractivity contribution in [1.82, 2.24) is 44.8 Å². The summed E-state index contributed by atoms with van der Waals surface area (Å²) in [4.78, 5) is 12.3. The van der Waals surface area contributed by atoms with Crippen molar-refractivity contribution in [2.75, 3.05) is 32.5 Å². The number of nitrogen functional groups attached to an aromatic ring is 1. The van der Waals surface area contributed by atoms with Crippen LogP contribution in [0.1, 0.15) is 92.3 Å². The second-order valence-corrected chi connectivity index (χ2v) is 14.8. The Bertz CT molecular complexity index is 2150. The highest BCUT2D eigenvalue weighted by atomic mass is 16.5. The topological polar surface area (TPSA) is 172 Å². The number of aryl methyl sites for hydroxylation is 1. The molecule has 0 saturated carbocycles. The van der Waals surface area contributed by atoms with Crippen molar-refractivity contribution in [2.45, 2.75) is 94.7 Å². The minimum absolute atomic E-state index is 0.0976. The van der Waals surface area contributed by atoms with Gasteiger partial charge in [0.05, 0.1) is 23.2 Å². The molecule has 5 aromatic rings. The molecule has 2 aliphatic carbocycles. The van der Waals surface area contributed by atoms with Gasteiger partial charge in [0, 0.05) is 42.8 Å². The number of rotatable bonds is 7. The first kappa shape index (κ1) is 32.8. The highest BCUT2D eigenvalue weighted by molar-refractivity contribution is 5.67. The zero-order valence-corrected chi connectivity index (χ0v) is 29.7. The molecule has 6 heterocycles. The van der Waals surface area contributed by atoms with Crippen molar-refractivity contribution >= 4 is 5.69 Å². The van der Waals surface area contributed by atoms with Crippen LogP contribution in [0.5, 0.6) is 5.88 Å². The molecule has 268 valence electrons. The fourth-order valence-corrected chi connectivity index (χ4v) is 9.10. The van der Waals surface area contributed by atoms with E-state index in [9.17, 15) is 5.26 Å². The smallest absolute Gasteiger partial charge is 0.219 e. The Morgan fingerprint density at radius 1 is 1.06 bits per heavy atom. The minimum atomic E-state index is -0.482. The van der Waals surface area contributed by atoms with Gasteiger partial charge >= 0.3 is 0 Å². The van der Waals surface area contributed by atoms with Gasteiger partial charge in [-0.3, -0.25) is 4.90 Å². The van der Waals surface area contributed by atoms with E-state index >= 15 is 0 Å². The molecule has 0 amide bonds. The Kier molecular flexibility index (Phi) is 8.27. The van der Waals surface area contributed by atoms with Gasteiger partial charge in [-0.2, -0.15) is 15.3 Å². The Labute approximate surface area is 301 Å². The van der Waals surface area contributed by atoms with Crippen LogP contribution in [-0.2, 0) is 23.0 Å². The first-order valence-corrected chi connectivity index (χ1v) is 18.5. The summed E-state index contributed by atoms with van der Waals surface area (Å²) in [7, 11) is 2.14. The maximum atomic E-state index is 10.3. The van der Waals surface area contributed by atoms with Crippen LogP contribution in [0.3, 0.4) is 0 Å². The summed E-state index contributed by atoms with van der Waals surface area (Å²) < 4.78 is 22.1. The van der Waals surface area contributed by atoms with Gasteiger partial charge in [0.25, 0.3) is 0 Å². The zero-order valence-electron chi connectivity index (χ0n) is 29.7. The first-order valence-electron chi connectivity index (χ1n) is 18.5. The average molecular weight is 702 g/mol. The van der Waals surface area contributed by atoms with Crippen molar-refractivity contribution in [3.63, 3.8) is 0 Å². The van der Waals surface area contributed by atoms with Crippen molar-refractivity contribution in [1.29, 1.82) is 5.26 Å². The number of likely N-dealkylation sites (tertiary alicyclic amines) is 1. The number of nitrogens with two attached hydrogens (primary N) is 1. The molecular formula is C38H43N11O3. The van der Waals surface area contributed by atoms with Crippen molar-refractivity contribution in [2.24, 2.45) is 0 Å². The summed E-state index contributed by atoms with van der Waals surface area (Å²) in [5, 5.41) is 28.7. The Hall–Kier alpha value is -5.13. The number of hydrogen-bond acceptors (Lipinski definition) is 12. The highest BCUT2D eigenvalue weighted by Crippen LogP contribution is 2.53.